The maximum atomic E-state index is 12.4. The minimum atomic E-state index is -4.08. The molecule has 1 fully saturated rings. The number of nitrogens with one attached hydrogen (secondary N) is 1. The largest absolute Gasteiger partial charge is 0.401 e. The van der Waals surface area contributed by atoms with Gasteiger partial charge in [-0.05, 0) is 19.4 Å². The van der Waals surface area contributed by atoms with Crippen molar-refractivity contribution in [3.8, 4) is 0 Å². The van der Waals surface area contributed by atoms with Gasteiger partial charge in [0, 0.05) is 18.6 Å². The molecule has 1 rings (SSSR count). The predicted molar refractivity (Wildman–Crippen MR) is 58.4 cm³/mol. The lowest BCUT2D eigenvalue weighted by Gasteiger charge is -2.36. The van der Waals surface area contributed by atoms with Crippen LogP contribution in [0.5, 0.6) is 0 Å². The molecule has 1 unspecified atom stereocenters. The highest BCUT2D eigenvalue weighted by Crippen LogP contribution is 2.23. The molecule has 5 heteroatoms. The number of alkyl halides is 3. The standard InChI is InChI=1S/C11H21F3N2/c1-9(2)15-7-10-5-3-4-6-16(10)8-11(12,13)14/h9-10,15H,3-8H2,1-2H3. The van der Waals surface area contributed by atoms with Crippen LogP contribution in [0.4, 0.5) is 13.2 Å². The summed E-state index contributed by atoms with van der Waals surface area (Å²) in [5, 5.41) is 3.22. The Kier molecular flexibility index (Phi) is 5.05. The number of likely N-dealkylation sites (tertiary alicyclic amines) is 1. The van der Waals surface area contributed by atoms with Crippen LogP contribution in [-0.2, 0) is 0 Å². The molecule has 0 radical (unpaired) electrons. The Morgan fingerprint density at radius 1 is 1.31 bits per heavy atom. The number of halogens is 3. The van der Waals surface area contributed by atoms with Crippen LogP contribution in [0.3, 0.4) is 0 Å². The highest BCUT2D eigenvalue weighted by atomic mass is 19.4. The van der Waals surface area contributed by atoms with E-state index in [1.807, 2.05) is 13.8 Å². The van der Waals surface area contributed by atoms with Gasteiger partial charge in [0.15, 0.2) is 0 Å². The molecule has 0 bridgehead atoms. The van der Waals surface area contributed by atoms with Crippen LogP contribution in [0.25, 0.3) is 0 Å². The molecule has 0 aromatic rings. The lowest BCUT2D eigenvalue weighted by molar-refractivity contribution is -0.153. The first kappa shape index (κ1) is 13.8. The molecule has 1 saturated heterocycles. The maximum Gasteiger partial charge on any atom is 0.401 e. The highest BCUT2D eigenvalue weighted by Gasteiger charge is 2.34. The van der Waals surface area contributed by atoms with Crippen molar-refractivity contribution in [3.05, 3.63) is 0 Å². The van der Waals surface area contributed by atoms with Crippen LogP contribution in [0, 0.1) is 0 Å². The number of hydrogen-bond donors (Lipinski definition) is 1. The Bertz CT molecular complexity index is 204. The third kappa shape index (κ3) is 5.16. The van der Waals surface area contributed by atoms with Gasteiger partial charge in [0.05, 0.1) is 6.54 Å². The summed E-state index contributed by atoms with van der Waals surface area (Å²) >= 11 is 0. The molecule has 0 aliphatic carbocycles. The van der Waals surface area contributed by atoms with Gasteiger partial charge in [0.1, 0.15) is 0 Å². The van der Waals surface area contributed by atoms with Crippen LogP contribution in [0.1, 0.15) is 33.1 Å². The Hall–Kier alpha value is -0.290. The van der Waals surface area contributed by atoms with Gasteiger partial charge in [-0.15, -0.1) is 0 Å². The molecule has 0 aromatic heterocycles. The lowest BCUT2D eigenvalue weighted by Crippen LogP contribution is -2.49. The van der Waals surface area contributed by atoms with E-state index in [2.05, 4.69) is 5.32 Å². The fourth-order valence-corrected chi connectivity index (χ4v) is 2.10. The minimum Gasteiger partial charge on any atom is -0.313 e. The SMILES string of the molecule is CC(C)NCC1CCCCN1CC(F)(F)F. The Morgan fingerprint density at radius 3 is 2.56 bits per heavy atom. The van der Waals surface area contributed by atoms with Gasteiger partial charge in [0.2, 0.25) is 0 Å². The van der Waals surface area contributed by atoms with Crippen molar-refractivity contribution in [3.63, 3.8) is 0 Å². The molecular formula is C11H21F3N2. The third-order valence-corrected chi connectivity index (χ3v) is 2.89. The average molecular weight is 238 g/mol. The van der Waals surface area contributed by atoms with Crippen molar-refractivity contribution in [2.24, 2.45) is 0 Å². The zero-order valence-electron chi connectivity index (χ0n) is 9.98. The first-order valence-corrected chi connectivity index (χ1v) is 5.92. The van der Waals surface area contributed by atoms with E-state index in [0.717, 1.165) is 19.3 Å². The number of nitrogens with zero attached hydrogens (tertiary/aromatic N) is 1. The van der Waals surface area contributed by atoms with Crippen molar-refractivity contribution in [1.82, 2.24) is 10.2 Å². The van der Waals surface area contributed by atoms with Crippen molar-refractivity contribution in [2.45, 2.75) is 51.4 Å². The van der Waals surface area contributed by atoms with E-state index in [1.165, 1.54) is 0 Å². The van der Waals surface area contributed by atoms with Crippen LogP contribution in [-0.4, -0.2) is 42.8 Å². The van der Waals surface area contributed by atoms with Crippen molar-refractivity contribution in [1.29, 1.82) is 0 Å². The minimum absolute atomic E-state index is 0.0396. The van der Waals surface area contributed by atoms with Gasteiger partial charge in [0.25, 0.3) is 0 Å². The number of rotatable bonds is 4. The molecular weight excluding hydrogens is 217 g/mol. The summed E-state index contributed by atoms with van der Waals surface area (Å²) in [4.78, 5) is 1.57. The zero-order chi connectivity index (χ0) is 12.2. The molecule has 96 valence electrons. The number of hydrogen-bond acceptors (Lipinski definition) is 2. The fraction of sp³-hybridized carbons (Fsp3) is 1.00. The Balaban J connectivity index is 2.44. The van der Waals surface area contributed by atoms with Crippen LogP contribution in [0.15, 0.2) is 0 Å². The van der Waals surface area contributed by atoms with E-state index in [0.29, 0.717) is 19.1 Å². The molecule has 1 N–H and O–H groups in total. The fourth-order valence-electron chi connectivity index (χ4n) is 2.10. The van der Waals surface area contributed by atoms with E-state index in [1.54, 1.807) is 4.90 Å². The molecule has 1 aliphatic heterocycles. The predicted octanol–water partition coefficient (Wildman–Crippen LogP) is 2.40. The molecule has 1 heterocycles. The maximum absolute atomic E-state index is 12.4. The quantitative estimate of drug-likeness (QED) is 0.809. The molecule has 0 saturated carbocycles. The normalized spacial score (nSPS) is 24.0. The average Bonchev–Trinajstić information content (AvgIpc) is 2.14. The second-order valence-electron chi connectivity index (χ2n) is 4.80. The molecule has 16 heavy (non-hydrogen) atoms. The smallest absolute Gasteiger partial charge is 0.313 e. The van der Waals surface area contributed by atoms with Gasteiger partial charge in [-0.25, -0.2) is 0 Å². The van der Waals surface area contributed by atoms with Gasteiger partial charge in [-0.2, -0.15) is 13.2 Å². The van der Waals surface area contributed by atoms with E-state index >= 15 is 0 Å². The van der Waals surface area contributed by atoms with E-state index < -0.39 is 12.7 Å². The summed E-state index contributed by atoms with van der Waals surface area (Å²) in [6, 6.07) is 0.368. The second-order valence-corrected chi connectivity index (χ2v) is 4.80. The van der Waals surface area contributed by atoms with Gasteiger partial charge >= 0.3 is 6.18 Å². The van der Waals surface area contributed by atoms with Crippen molar-refractivity contribution >= 4 is 0 Å². The van der Waals surface area contributed by atoms with Gasteiger partial charge in [-0.3, -0.25) is 4.90 Å². The van der Waals surface area contributed by atoms with E-state index in [9.17, 15) is 13.2 Å². The van der Waals surface area contributed by atoms with Crippen LogP contribution < -0.4 is 5.32 Å². The first-order chi connectivity index (χ1) is 7.38. The van der Waals surface area contributed by atoms with E-state index in [-0.39, 0.29) is 6.04 Å². The van der Waals surface area contributed by atoms with Crippen molar-refractivity contribution < 1.29 is 13.2 Å². The molecule has 0 amide bonds. The lowest BCUT2D eigenvalue weighted by atomic mass is 10.0. The molecule has 1 atom stereocenters. The summed E-state index contributed by atoms with van der Waals surface area (Å²) in [6.45, 7) is 4.49. The van der Waals surface area contributed by atoms with E-state index in [4.69, 9.17) is 0 Å². The second kappa shape index (κ2) is 5.87. The monoisotopic (exact) mass is 238 g/mol. The zero-order valence-corrected chi connectivity index (χ0v) is 9.98. The van der Waals surface area contributed by atoms with Crippen LogP contribution >= 0.6 is 0 Å². The summed E-state index contributed by atoms with van der Waals surface area (Å²) in [5.74, 6) is 0. The molecule has 2 nitrogen and oxygen atoms in total. The summed E-state index contributed by atoms with van der Waals surface area (Å²) in [7, 11) is 0. The topological polar surface area (TPSA) is 15.3 Å². The Morgan fingerprint density at radius 2 is 2.00 bits per heavy atom. The summed E-state index contributed by atoms with van der Waals surface area (Å²) < 4.78 is 37.1. The third-order valence-electron chi connectivity index (χ3n) is 2.89. The summed E-state index contributed by atoms with van der Waals surface area (Å²) in [6.07, 6.45) is -1.28. The highest BCUT2D eigenvalue weighted by molar-refractivity contribution is 4.80. The molecule has 1 aliphatic rings. The van der Waals surface area contributed by atoms with Crippen LogP contribution in [0.2, 0.25) is 0 Å². The molecule has 0 aromatic carbocycles. The molecule has 0 spiro atoms. The van der Waals surface area contributed by atoms with Gasteiger partial charge < -0.3 is 5.32 Å². The van der Waals surface area contributed by atoms with Crippen molar-refractivity contribution in [2.75, 3.05) is 19.6 Å². The first-order valence-electron chi connectivity index (χ1n) is 5.92. The Labute approximate surface area is 95.2 Å². The van der Waals surface area contributed by atoms with Gasteiger partial charge in [-0.1, -0.05) is 20.3 Å². The summed E-state index contributed by atoms with van der Waals surface area (Å²) in [5.41, 5.74) is 0. The number of piperidine rings is 1.